The molecule has 0 atom stereocenters. The van der Waals surface area contributed by atoms with Gasteiger partial charge in [0.05, 0.1) is 11.0 Å². The van der Waals surface area contributed by atoms with Crippen molar-refractivity contribution in [3.63, 3.8) is 0 Å². The molecule has 0 aliphatic rings. The van der Waals surface area contributed by atoms with Gasteiger partial charge < -0.3 is 27.7 Å². The Bertz CT molecular complexity index is 3620. The molecule has 8 nitrogen and oxygen atoms in total. The van der Waals surface area contributed by atoms with Gasteiger partial charge in [-0.25, -0.2) is 18.2 Å². The van der Waals surface area contributed by atoms with E-state index in [1.54, 1.807) is 43.3 Å². The van der Waals surface area contributed by atoms with Gasteiger partial charge in [-0.1, -0.05) is 132 Å². The molecule has 0 saturated heterocycles. The number of fused-ring (bicyclic) bond motifs is 5. The molecule has 0 saturated carbocycles. The van der Waals surface area contributed by atoms with Crippen LogP contribution in [0.4, 0.5) is 13.2 Å². The van der Waals surface area contributed by atoms with Gasteiger partial charge in [-0.05, 0) is 193 Å². The summed E-state index contributed by atoms with van der Waals surface area (Å²) in [6.07, 6.45) is 12.7. The highest BCUT2D eigenvalue weighted by Crippen LogP contribution is 2.35. The van der Waals surface area contributed by atoms with Gasteiger partial charge in [0.1, 0.15) is 23.1 Å². The summed E-state index contributed by atoms with van der Waals surface area (Å²) in [6.45, 7) is 43.2. The zero-order valence-electron chi connectivity index (χ0n) is 54.0. The van der Waals surface area contributed by atoms with Crippen LogP contribution >= 0.6 is 0 Å². The van der Waals surface area contributed by atoms with Gasteiger partial charge in [-0.15, -0.1) is 0 Å². The number of para-hydroxylation sites is 1. The molecule has 0 bridgehead atoms. The average Bonchev–Trinajstić information content (AvgIpc) is 1.73. The van der Waals surface area contributed by atoms with E-state index >= 15 is 0 Å². The number of aromatic nitrogens is 6. The maximum atomic E-state index is 13.9. The molecule has 1 amide bonds. The van der Waals surface area contributed by atoms with Gasteiger partial charge in [0.15, 0.2) is 0 Å². The van der Waals surface area contributed by atoms with Crippen LogP contribution in [0.25, 0.3) is 54.6 Å². The number of pyridine rings is 1. The molecule has 89 heavy (non-hydrogen) atoms. The lowest BCUT2D eigenvalue weighted by molar-refractivity contribution is 0.0827. The van der Waals surface area contributed by atoms with Gasteiger partial charge in [0.25, 0.3) is 5.91 Å². The first-order chi connectivity index (χ1) is 39.0. The smallest absolute Gasteiger partial charge is 0.253 e. The molecular weight excluding hydrogens is 1110 g/mol. The normalized spacial score (nSPS) is 11.0. The van der Waals surface area contributed by atoms with Gasteiger partial charge >= 0.3 is 0 Å². The highest BCUT2D eigenvalue weighted by Gasteiger charge is 2.20. The van der Waals surface area contributed by atoms with Crippen LogP contribution in [0.3, 0.4) is 0 Å². The van der Waals surface area contributed by atoms with Crippen molar-refractivity contribution in [1.29, 1.82) is 0 Å². The summed E-state index contributed by atoms with van der Waals surface area (Å²) >= 11 is 0. The molecule has 6 heterocycles. The molecular formula is C78H120F3N7O. The molecule has 0 aliphatic heterocycles. The third kappa shape index (κ3) is 18.6. The summed E-state index contributed by atoms with van der Waals surface area (Å²) in [4.78, 5) is 18.2. The molecule has 4 aromatic carbocycles. The fourth-order valence-electron chi connectivity index (χ4n) is 11.0. The van der Waals surface area contributed by atoms with Gasteiger partial charge in [0.2, 0.25) is 0 Å². The van der Waals surface area contributed by atoms with E-state index in [0.29, 0.717) is 53.8 Å². The van der Waals surface area contributed by atoms with Crippen molar-refractivity contribution in [2.45, 2.75) is 243 Å². The maximum Gasteiger partial charge on any atom is 0.253 e. The van der Waals surface area contributed by atoms with E-state index < -0.39 is 0 Å². The second kappa shape index (κ2) is 34.8. The Morgan fingerprint density at radius 3 is 1.21 bits per heavy atom. The van der Waals surface area contributed by atoms with Crippen molar-refractivity contribution in [2.75, 3.05) is 14.1 Å². The minimum absolute atomic E-state index is 0. The van der Waals surface area contributed by atoms with E-state index in [1.165, 1.54) is 56.1 Å². The number of carbonyl (C=O) groups is 1. The Kier molecular flexibility index (Phi) is 32.1. The Balaban J connectivity index is 0.00000107. The quantitative estimate of drug-likeness (QED) is 0.130. The highest BCUT2D eigenvalue weighted by molar-refractivity contribution is 5.98. The molecule has 10 aromatic rings. The first-order valence-corrected chi connectivity index (χ1v) is 30.2. The van der Waals surface area contributed by atoms with E-state index in [0.717, 1.165) is 44.0 Å². The van der Waals surface area contributed by atoms with Crippen molar-refractivity contribution in [2.24, 2.45) is 0 Å². The highest BCUT2D eigenvalue weighted by atomic mass is 19.1. The van der Waals surface area contributed by atoms with E-state index in [4.69, 9.17) is 0 Å². The first-order valence-electron chi connectivity index (χ1n) is 30.2. The van der Waals surface area contributed by atoms with Crippen LogP contribution in [0, 0.1) is 17.5 Å². The largest absolute Gasteiger partial charge is 0.345 e. The number of benzene rings is 4. The summed E-state index contributed by atoms with van der Waals surface area (Å²) in [5, 5.41) is 5.81. The Morgan fingerprint density at radius 1 is 0.382 bits per heavy atom. The summed E-state index contributed by atoms with van der Waals surface area (Å²) in [5.41, 5.74) is 12.4. The lowest BCUT2D eigenvalue weighted by atomic mass is 10.0. The van der Waals surface area contributed by atoms with E-state index in [9.17, 15) is 18.0 Å². The number of nitrogens with zero attached hydrogens (tertiary/aromatic N) is 7. The molecule has 0 radical (unpaired) electrons. The third-order valence-electron chi connectivity index (χ3n) is 15.5. The predicted molar refractivity (Wildman–Crippen MR) is 388 cm³/mol. The van der Waals surface area contributed by atoms with Gasteiger partial charge in [-0.3, -0.25) is 4.79 Å². The number of hydrogen-bond acceptors (Lipinski definition) is 2. The number of carbonyl (C=O) groups excluding carboxylic acids is 1. The topological polar surface area (TPSA) is 57.9 Å². The van der Waals surface area contributed by atoms with Crippen LogP contribution in [0.1, 0.15) is 281 Å². The molecule has 0 spiro atoms. The second-order valence-electron chi connectivity index (χ2n) is 25.5. The van der Waals surface area contributed by atoms with Crippen molar-refractivity contribution >= 4 is 60.6 Å². The predicted octanol–water partition coefficient (Wildman–Crippen LogP) is 25.1. The van der Waals surface area contributed by atoms with Crippen LogP contribution < -0.4 is 0 Å². The van der Waals surface area contributed by atoms with Crippen molar-refractivity contribution in [3.05, 3.63) is 173 Å². The molecule has 0 N–H and O–H groups in total. The van der Waals surface area contributed by atoms with E-state index in [1.807, 2.05) is 47.2 Å². The molecule has 6 aromatic heterocycles. The van der Waals surface area contributed by atoms with Gasteiger partial charge in [-0.2, -0.15) is 0 Å². The lowest BCUT2D eigenvalue weighted by Crippen LogP contribution is -2.21. The molecule has 0 unspecified atom stereocenters. The maximum absolute atomic E-state index is 13.9. The SMILES string of the molecule is C.C.C.C.C.C.CC(C)c1cn(C(C)C)c2c(F)cccc12.CC(C)c1cn(C(C)C)c2cc(C(=O)N(C)C)ccc12.CC(C)c1cn(C(C)C)c2cc(F)ccc12.CC(C)c1cn(C(C)C)c2ccc(F)cc12.CC(C)c1cn(C(C)C)c2ncccc12. The van der Waals surface area contributed by atoms with Crippen molar-refractivity contribution in [1.82, 2.24) is 32.7 Å². The number of hydrogen-bond donors (Lipinski definition) is 0. The lowest BCUT2D eigenvalue weighted by Gasteiger charge is -2.12. The monoisotopic (exact) mass is 1230 g/mol. The average molecular weight is 1230 g/mol. The van der Waals surface area contributed by atoms with E-state index in [2.05, 4.69) is 205 Å². The molecule has 11 heteroatoms. The van der Waals surface area contributed by atoms with Crippen LogP contribution in [-0.2, 0) is 0 Å². The molecule has 494 valence electrons. The standard InChI is InChI=1S/C17H24N2O.3C14H18FN.C13H18N2.6CH4/c1-11(2)15-10-19(12(3)4)16-9-13(7-8-14(15)16)17(20)18(5)6;1-9(2)13-8-16(10(3)4)14-6-5-11(15)7-12(13)14;1-9(2)13-8-16(10(3)4)14-7-11(15)5-6-12(13)14;1-9(2)12-8-16(10(3)4)14-11(12)6-5-7-13(14)15;1-9(2)12-8-15(10(3)4)13-11(12)6-5-7-14-13;;;;;;/h7-12H,1-6H3;3*5-10H,1-4H3;5-10H,1-4H3;6*1H4. The Labute approximate surface area is 538 Å². The van der Waals surface area contributed by atoms with E-state index in [-0.39, 0.29) is 74.0 Å². The van der Waals surface area contributed by atoms with Crippen LogP contribution in [0.2, 0.25) is 0 Å². The summed E-state index contributed by atoms with van der Waals surface area (Å²) < 4.78 is 51.3. The minimum atomic E-state index is -0.164. The van der Waals surface area contributed by atoms with Crippen molar-refractivity contribution in [3.8, 4) is 0 Å². The fraction of sp³-hybridized carbons (Fsp3) is 0.487. The van der Waals surface area contributed by atoms with Crippen LogP contribution in [0.5, 0.6) is 0 Å². The second-order valence-corrected chi connectivity index (χ2v) is 25.5. The van der Waals surface area contributed by atoms with Crippen LogP contribution in [-0.4, -0.2) is 52.7 Å². The van der Waals surface area contributed by atoms with Crippen LogP contribution in [0.15, 0.2) is 122 Å². The Hall–Kier alpha value is -7.01. The first kappa shape index (κ1) is 82.0. The minimum Gasteiger partial charge on any atom is -0.345 e. The number of amides is 1. The van der Waals surface area contributed by atoms with Crippen molar-refractivity contribution < 1.29 is 18.0 Å². The molecule has 0 aliphatic carbocycles. The summed E-state index contributed by atoms with van der Waals surface area (Å²) in [7, 11) is 3.57. The summed E-state index contributed by atoms with van der Waals surface area (Å²) in [6, 6.07) is 27.5. The number of halogens is 3. The molecule has 10 rings (SSSR count). The zero-order chi connectivity index (χ0) is 61.6. The molecule has 0 fully saturated rings. The summed E-state index contributed by atoms with van der Waals surface area (Å²) in [5.74, 6) is 1.94. The Morgan fingerprint density at radius 2 is 0.753 bits per heavy atom. The zero-order valence-corrected chi connectivity index (χ0v) is 54.0. The third-order valence-corrected chi connectivity index (χ3v) is 15.5. The fourth-order valence-corrected chi connectivity index (χ4v) is 11.0. The number of rotatable bonds is 11. The van der Waals surface area contributed by atoms with Gasteiger partial charge in [0, 0.05) is 125 Å².